The van der Waals surface area contributed by atoms with Crippen LogP contribution >= 0.6 is 0 Å². The first-order valence-electron chi connectivity index (χ1n) is 6.88. The van der Waals surface area contributed by atoms with Crippen molar-refractivity contribution in [2.75, 3.05) is 13.7 Å². The Morgan fingerprint density at radius 1 is 1.36 bits per heavy atom. The molecular formula is C14H19N3O5. The van der Waals surface area contributed by atoms with Crippen molar-refractivity contribution in [3.63, 3.8) is 0 Å². The molecule has 0 radical (unpaired) electrons. The number of aliphatic hydroxyl groups is 2. The molecule has 1 aromatic rings. The zero-order valence-corrected chi connectivity index (χ0v) is 12.1. The van der Waals surface area contributed by atoms with Gasteiger partial charge in [0.2, 0.25) is 0 Å². The third-order valence-electron chi connectivity index (χ3n) is 3.53. The van der Waals surface area contributed by atoms with Crippen LogP contribution in [0.15, 0.2) is 35.4 Å². The molecule has 0 amide bonds. The summed E-state index contributed by atoms with van der Waals surface area (Å²) in [6.45, 7) is -0.160. The van der Waals surface area contributed by atoms with Crippen molar-refractivity contribution in [1.29, 1.82) is 0 Å². The van der Waals surface area contributed by atoms with Gasteiger partial charge in [0.25, 0.3) is 0 Å². The fourth-order valence-electron chi connectivity index (χ4n) is 2.38. The monoisotopic (exact) mass is 309 g/mol. The Balaban J connectivity index is 2.14. The molecule has 1 heterocycles. The van der Waals surface area contributed by atoms with Crippen LogP contribution in [0.3, 0.4) is 0 Å². The topological polar surface area (TPSA) is 117 Å². The van der Waals surface area contributed by atoms with Gasteiger partial charge in [0.1, 0.15) is 12.2 Å². The van der Waals surface area contributed by atoms with Crippen molar-refractivity contribution < 1.29 is 24.4 Å². The van der Waals surface area contributed by atoms with E-state index in [1.165, 1.54) is 7.11 Å². The number of hydrogen-bond acceptors (Lipinski definition) is 6. The minimum atomic E-state index is -1.17. The Hall–Kier alpha value is -1.67. The number of rotatable bonds is 6. The third-order valence-corrected chi connectivity index (χ3v) is 3.53. The van der Waals surface area contributed by atoms with Gasteiger partial charge in [0.05, 0.1) is 25.4 Å². The van der Waals surface area contributed by atoms with Crippen LogP contribution in [0, 0.1) is 0 Å². The number of methoxy groups -OCH3 is 1. The summed E-state index contributed by atoms with van der Waals surface area (Å²) in [5, 5.41) is 23.0. The molecule has 2 rings (SSSR count). The van der Waals surface area contributed by atoms with Crippen molar-refractivity contribution in [3.05, 3.63) is 46.3 Å². The first-order chi connectivity index (χ1) is 10.7. The summed E-state index contributed by atoms with van der Waals surface area (Å²) in [5.74, 6) is 0. The molecule has 0 spiro atoms. The summed E-state index contributed by atoms with van der Waals surface area (Å²) in [6, 6.07) is 8.52. The number of nitrogens with zero attached hydrogens (tertiary/aromatic N) is 3. The van der Waals surface area contributed by atoms with Crippen molar-refractivity contribution in [2.45, 2.75) is 37.3 Å². The average Bonchev–Trinajstić information content (AvgIpc) is 2.56. The van der Waals surface area contributed by atoms with Gasteiger partial charge in [-0.2, -0.15) is 0 Å². The fourth-order valence-corrected chi connectivity index (χ4v) is 2.38. The molecule has 0 aliphatic carbocycles. The first-order valence-corrected chi connectivity index (χ1v) is 6.88. The smallest absolute Gasteiger partial charge is 0.184 e. The quantitative estimate of drug-likeness (QED) is 0.461. The van der Waals surface area contributed by atoms with Crippen molar-refractivity contribution in [1.82, 2.24) is 0 Å². The van der Waals surface area contributed by atoms with Gasteiger partial charge in [-0.3, -0.25) is 0 Å². The van der Waals surface area contributed by atoms with E-state index in [-0.39, 0.29) is 6.61 Å². The van der Waals surface area contributed by atoms with E-state index in [1.807, 2.05) is 30.3 Å². The molecule has 1 saturated heterocycles. The van der Waals surface area contributed by atoms with Crippen LogP contribution in [0.1, 0.15) is 5.56 Å². The lowest BCUT2D eigenvalue weighted by molar-refractivity contribution is -0.279. The van der Waals surface area contributed by atoms with Crippen LogP contribution in [0.4, 0.5) is 0 Å². The van der Waals surface area contributed by atoms with Gasteiger partial charge in [0.15, 0.2) is 6.29 Å². The minimum absolute atomic E-state index is 0.253. The van der Waals surface area contributed by atoms with E-state index >= 15 is 0 Å². The highest BCUT2D eigenvalue weighted by Crippen LogP contribution is 2.27. The van der Waals surface area contributed by atoms with Gasteiger partial charge in [-0.25, -0.2) is 0 Å². The Morgan fingerprint density at radius 3 is 2.68 bits per heavy atom. The molecule has 1 fully saturated rings. The molecule has 1 aliphatic heterocycles. The summed E-state index contributed by atoms with van der Waals surface area (Å²) in [6.07, 6.45) is -3.69. The SMILES string of the molecule is CO[C@H]1OC(CO)C(O)[C@H](N=[N+]=[N-])C1OCc1ccccc1. The Morgan fingerprint density at radius 2 is 2.09 bits per heavy atom. The van der Waals surface area contributed by atoms with E-state index in [0.29, 0.717) is 0 Å². The van der Waals surface area contributed by atoms with Crippen LogP contribution in [-0.2, 0) is 20.8 Å². The van der Waals surface area contributed by atoms with Crippen LogP contribution < -0.4 is 0 Å². The zero-order chi connectivity index (χ0) is 15.9. The molecule has 2 N–H and O–H groups in total. The molecule has 1 aliphatic rings. The van der Waals surface area contributed by atoms with Crippen LogP contribution in [0.5, 0.6) is 0 Å². The lowest BCUT2D eigenvalue weighted by Crippen LogP contribution is -2.59. The van der Waals surface area contributed by atoms with E-state index in [2.05, 4.69) is 10.0 Å². The molecule has 1 aromatic carbocycles. The largest absolute Gasteiger partial charge is 0.394 e. The maximum Gasteiger partial charge on any atom is 0.184 e. The van der Waals surface area contributed by atoms with Crippen LogP contribution in [-0.4, -0.2) is 54.6 Å². The standard InChI is InChI=1S/C14H19N3O5/c1-20-14-13(21-8-9-5-3-2-4-6-9)11(16-17-15)12(19)10(7-18)22-14/h2-6,10-14,18-19H,7-8H2,1H3/t10?,11-,12?,13?,14-/m0/s1. The van der Waals surface area contributed by atoms with Crippen molar-refractivity contribution in [3.8, 4) is 0 Å². The Kier molecular flexibility index (Phi) is 6.14. The summed E-state index contributed by atoms with van der Waals surface area (Å²) in [4.78, 5) is 2.74. The van der Waals surface area contributed by atoms with Gasteiger partial charge in [-0.1, -0.05) is 35.4 Å². The summed E-state index contributed by atoms with van der Waals surface area (Å²) >= 11 is 0. The second kappa shape index (κ2) is 8.09. The molecule has 3 unspecified atom stereocenters. The second-order valence-electron chi connectivity index (χ2n) is 4.91. The van der Waals surface area contributed by atoms with Gasteiger partial charge in [-0.15, -0.1) is 0 Å². The zero-order valence-electron chi connectivity index (χ0n) is 12.1. The number of benzene rings is 1. The third kappa shape index (κ3) is 3.75. The highest BCUT2D eigenvalue weighted by Gasteiger charge is 2.45. The lowest BCUT2D eigenvalue weighted by Gasteiger charge is -2.41. The highest BCUT2D eigenvalue weighted by atomic mass is 16.7. The molecule has 0 bridgehead atoms. The number of hydrogen-bond donors (Lipinski definition) is 2. The fraction of sp³-hybridized carbons (Fsp3) is 0.571. The van der Waals surface area contributed by atoms with Crippen molar-refractivity contribution >= 4 is 0 Å². The summed E-state index contributed by atoms with van der Waals surface area (Å²) in [7, 11) is 1.42. The summed E-state index contributed by atoms with van der Waals surface area (Å²) in [5.41, 5.74) is 9.63. The Bertz CT molecular complexity index is 508. The minimum Gasteiger partial charge on any atom is -0.394 e. The molecule has 8 nitrogen and oxygen atoms in total. The average molecular weight is 309 g/mol. The lowest BCUT2D eigenvalue weighted by atomic mass is 9.97. The van der Waals surface area contributed by atoms with Crippen LogP contribution in [0.2, 0.25) is 0 Å². The second-order valence-corrected chi connectivity index (χ2v) is 4.91. The predicted molar refractivity (Wildman–Crippen MR) is 76.7 cm³/mol. The van der Waals surface area contributed by atoms with E-state index in [1.54, 1.807) is 0 Å². The molecular weight excluding hydrogens is 290 g/mol. The molecule has 8 heteroatoms. The van der Waals surface area contributed by atoms with Gasteiger partial charge in [0, 0.05) is 12.0 Å². The van der Waals surface area contributed by atoms with Gasteiger partial charge in [-0.05, 0) is 11.1 Å². The van der Waals surface area contributed by atoms with E-state index in [4.69, 9.17) is 19.7 Å². The van der Waals surface area contributed by atoms with Crippen LogP contribution in [0.25, 0.3) is 10.4 Å². The predicted octanol–water partition coefficient (Wildman–Crippen LogP) is 0.975. The Labute approximate surface area is 127 Å². The number of ether oxygens (including phenoxy) is 3. The maximum atomic E-state index is 10.2. The number of aliphatic hydroxyl groups excluding tert-OH is 2. The normalized spacial score (nSPS) is 31.5. The maximum absolute atomic E-state index is 10.2. The van der Waals surface area contributed by atoms with Gasteiger partial charge < -0.3 is 24.4 Å². The molecule has 120 valence electrons. The van der Waals surface area contributed by atoms with E-state index < -0.39 is 37.3 Å². The molecule has 22 heavy (non-hydrogen) atoms. The molecule has 0 aromatic heterocycles. The molecule has 0 saturated carbocycles. The van der Waals surface area contributed by atoms with Gasteiger partial charge >= 0.3 is 0 Å². The van der Waals surface area contributed by atoms with E-state index in [0.717, 1.165) is 5.56 Å². The highest BCUT2D eigenvalue weighted by molar-refractivity contribution is 5.13. The molecule has 5 atom stereocenters. The van der Waals surface area contributed by atoms with Crippen molar-refractivity contribution in [2.24, 2.45) is 5.11 Å². The summed E-state index contributed by atoms with van der Waals surface area (Å²) < 4.78 is 16.4. The van der Waals surface area contributed by atoms with E-state index in [9.17, 15) is 10.2 Å². The number of azide groups is 1. The first kappa shape index (κ1) is 16.7.